The summed E-state index contributed by atoms with van der Waals surface area (Å²) in [6, 6.07) is 3.40. The Hall–Kier alpha value is -2.33. The molecule has 3 aromatic rings. The number of fused-ring (bicyclic) bond motifs is 1. The number of benzene rings is 1. The maximum Gasteiger partial charge on any atom is 0.373 e. The van der Waals surface area contributed by atoms with Crippen molar-refractivity contribution in [1.29, 1.82) is 0 Å². The molecule has 3 rings (SSSR count). The second kappa shape index (κ2) is 6.05. The fourth-order valence-corrected chi connectivity index (χ4v) is 3.37. The number of nitrogens with zero attached hydrogens (tertiary/aromatic N) is 3. The van der Waals surface area contributed by atoms with Crippen molar-refractivity contribution in [3.8, 4) is 11.5 Å². The summed E-state index contributed by atoms with van der Waals surface area (Å²) < 4.78 is 12.6. The molecule has 0 aliphatic carbocycles. The second-order valence-electron chi connectivity index (χ2n) is 4.42. The van der Waals surface area contributed by atoms with E-state index in [2.05, 4.69) is 26.2 Å². The first-order valence-electron chi connectivity index (χ1n) is 6.33. The summed E-state index contributed by atoms with van der Waals surface area (Å²) in [7, 11) is 3.05. The number of halogens is 1. The van der Waals surface area contributed by atoms with Crippen molar-refractivity contribution in [1.82, 2.24) is 9.38 Å². The fraction of sp³-hybridized carbons (Fsp3) is 0.154. The van der Waals surface area contributed by atoms with Crippen LogP contribution in [0.3, 0.4) is 0 Å². The Morgan fingerprint density at radius 3 is 2.57 bits per heavy atom. The largest absolute Gasteiger partial charge is 0.495 e. The Morgan fingerprint density at radius 2 is 2.00 bits per heavy atom. The van der Waals surface area contributed by atoms with Crippen LogP contribution in [0, 0.1) is 10.1 Å². The minimum atomic E-state index is -0.470. The van der Waals surface area contributed by atoms with E-state index in [1.54, 1.807) is 23.7 Å². The van der Waals surface area contributed by atoms with Gasteiger partial charge in [-0.2, -0.15) is 9.38 Å². The van der Waals surface area contributed by atoms with Crippen LogP contribution in [0.5, 0.6) is 11.5 Å². The van der Waals surface area contributed by atoms with Crippen LogP contribution >= 0.6 is 27.3 Å². The number of rotatable bonds is 5. The van der Waals surface area contributed by atoms with Gasteiger partial charge in [-0.3, -0.25) is 0 Å². The first kappa shape index (κ1) is 15.6. The highest BCUT2D eigenvalue weighted by molar-refractivity contribution is 9.10. The van der Waals surface area contributed by atoms with E-state index in [1.165, 1.54) is 30.0 Å². The molecule has 0 fully saturated rings. The predicted octanol–water partition coefficient (Wildman–Crippen LogP) is 3.83. The molecule has 10 heteroatoms. The highest BCUT2D eigenvalue weighted by atomic mass is 79.9. The third kappa shape index (κ3) is 2.70. The van der Waals surface area contributed by atoms with Gasteiger partial charge in [-0.1, -0.05) is 11.3 Å². The van der Waals surface area contributed by atoms with Gasteiger partial charge < -0.3 is 24.9 Å². The lowest BCUT2D eigenvalue weighted by molar-refractivity contribution is -0.389. The molecule has 0 unspecified atom stereocenters. The maximum atomic E-state index is 11.3. The first-order valence-corrected chi connectivity index (χ1v) is 8.01. The van der Waals surface area contributed by atoms with Gasteiger partial charge in [0, 0.05) is 23.2 Å². The molecule has 0 spiro atoms. The molecule has 120 valence electrons. The quantitative estimate of drug-likeness (QED) is 0.518. The number of anilines is 2. The molecule has 0 saturated heterocycles. The summed E-state index contributed by atoms with van der Waals surface area (Å²) in [5, 5.41) is 16.0. The zero-order valence-corrected chi connectivity index (χ0v) is 14.5. The highest BCUT2D eigenvalue weighted by Gasteiger charge is 2.24. The van der Waals surface area contributed by atoms with E-state index in [9.17, 15) is 10.1 Å². The molecule has 0 atom stereocenters. The van der Waals surface area contributed by atoms with Gasteiger partial charge in [-0.05, 0) is 20.9 Å². The van der Waals surface area contributed by atoms with Crippen LogP contribution in [-0.4, -0.2) is 28.5 Å². The average Bonchev–Trinajstić information content (AvgIpc) is 3.08. The van der Waals surface area contributed by atoms with Crippen LogP contribution in [-0.2, 0) is 0 Å². The fourth-order valence-electron chi connectivity index (χ4n) is 2.11. The zero-order valence-electron chi connectivity index (χ0n) is 12.1. The van der Waals surface area contributed by atoms with Crippen molar-refractivity contribution in [3.63, 3.8) is 0 Å². The molecule has 0 aliphatic rings. The number of imidazole rings is 1. The van der Waals surface area contributed by atoms with Crippen molar-refractivity contribution in [2.75, 3.05) is 19.5 Å². The van der Waals surface area contributed by atoms with Gasteiger partial charge in [0.25, 0.3) is 4.96 Å². The van der Waals surface area contributed by atoms with E-state index >= 15 is 0 Å². The molecule has 0 aliphatic heterocycles. The predicted molar refractivity (Wildman–Crippen MR) is 90.3 cm³/mol. The molecule has 0 bridgehead atoms. The van der Waals surface area contributed by atoms with Crippen LogP contribution in [0.15, 0.2) is 28.2 Å². The summed E-state index contributed by atoms with van der Waals surface area (Å²) in [5.41, 5.74) is 0.566. The second-order valence-corrected chi connectivity index (χ2v) is 6.08. The van der Waals surface area contributed by atoms with Crippen LogP contribution in [0.2, 0.25) is 0 Å². The smallest absolute Gasteiger partial charge is 0.373 e. The lowest BCUT2D eigenvalue weighted by Gasteiger charge is -2.12. The molecule has 2 aromatic heterocycles. The molecule has 1 N–H and O–H groups in total. The van der Waals surface area contributed by atoms with E-state index in [-0.39, 0.29) is 11.6 Å². The summed E-state index contributed by atoms with van der Waals surface area (Å²) >= 11 is 4.70. The van der Waals surface area contributed by atoms with E-state index in [4.69, 9.17) is 9.47 Å². The Labute approximate surface area is 142 Å². The number of ether oxygens (including phenoxy) is 2. The third-order valence-corrected chi connectivity index (χ3v) is 4.66. The Bertz CT molecular complexity index is 866. The van der Waals surface area contributed by atoms with Crippen molar-refractivity contribution in [2.45, 2.75) is 0 Å². The summed E-state index contributed by atoms with van der Waals surface area (Å²) in [6.07, 6.45) is 1.61. The maximum absolute atomic E-state index is 11.3. The number of hydrogen-bond donors (Lipinski definition) is 1. The monoisotopic (exact) mass is 398 g/mol. The van der Waals surface area contributed by atoms with E-state index in [0.29, 0.717) is 26.6 Å². The first-order chi connectivity index (χ1) is 11.0. The van der Waals surface area contributed by atoms with Crippen molar-refractivity contribution in [2.24, 2.45) is 0 Å². The van der Waals surface area contributed by atoms with E-state index in [0.717, 1.165) is 0 Å². The van der Waals surface area contributed by atoms with Crippen LogP contribution in [0.1, 0.15) is 0 Å². The summed E-state index contributed by atoms with van der Waals surface area (Å²) in [4.78, 5) is 15.7. The molecule has 0 radical (unpaired) electrons. The molecular formula is C13H11BrN4O4S. The molecule has 23 heavy (non-hydrogen) atoms. The van der Waals surface area contributed by atoms with Gasteiger partial charge in [0.05, 0.1) is 14.2 Å². The van der Waals surface area contributed by atoms with Gasteiger partial charge in [0.2, 0.25) is 5.82 Å². The minimum absolute atomic E-state index is 0.123. The van der Waals surface area contributed by atoms with Crippen LogP contribution in [0.25, 0.3) is 4.96 Å². The SMILES string of the molecule is COc1cc(Nc2nc3sccn3c2[N+](=O)[O-])cc(OC)c1Br. The lowest BCUT2D eigenvalue weighted by Crippen LogP contribution is -1.99. The molecule has 1 aromatic carbocycles. The topological polar surface area (TPSA) is 90.9 Å². The van der Waals surface area contributed by atoms with Crippen molar-refractivity contribution in [3.05, 3.63) is 38.3 Å². The summed E-state index contributed by atoms with van der Waals surface area (Å²) in [5.74, 6) is 1.11. The Morgan fingerprint density at radius 1 is 1.35 bits per heavy atom. The van der Waals surface area contributed by atoms with Crippen LogP contribution in [0.4, 0.5) is 17.3 Å². The van der Waals surface area contributed by atoms with Gasteiger partial charge in [0.15, 0.2) is 0 Å². The molecular weight excluding hydrogens is 388 g/mol. The van der Waals surface area contributed by atoms with Crippen molar-refractivity contribution < 1.29 is 14.4 Å². The van der Waals surface area contributed by atoms with Gasteiger partial charge in [-0.25, -0.2) is 0 Å². The summed E-state index contributed by atoms with van der Waals surface area (Å²) in [6.45, 7) is 0. The van der Waals surface area contributed by atoms with Gasteiger partial charge in [-0.15, -0.1) is 0 Å². The minimum Gasteiger partial charge on any atom is -0.495 e. The molecule has 0 amide bonds. The number of nitrogens with one attached hydrogen (secondary N) is 1. The van der Waals surface area contributed by atoms with Gasteiger partial charge in [0.1, 0.15) is 22.2 Å². The highest BCUT2D eigenvalue weighted by Crippen LogP contribution is 2.39. The van der Waals surface area contributed by atoms with E-state index in [1.807, 2.05) is 0 Å². The van der Waals surface area contributed by atoms with E-state index < -0.39 is 4.92 Å². The van der Waals surface area contributed by atoms with Crippen LogP contribution < -0.4 is 14.8 Å². The number of methoxy groups -OCH3 is 2. The molecule has 2 heterocycles. The molecule has 8 nitrogen and oxygen atoms in total. The lowest BCUT2D eigenvalue weighted by atomic mass is 10.2. The number of thiazole rings is 1. The average molecular weight is 399 g/mol. The standard InChI is InChI=1S/C13H11BrN4O4S/c1-21-8-5-7(6-9(22-2)10(8)14)15-11-12(18(19)20)17-3-4-23-13(17)16-11/h3-6,15H,1-2H3. The van der Waals surface area contributed by atoms with Gasteiger partial charge >= 0.3 is 5.82 Å². The zero-order chi connectivity index (χ0) is 16.6. The molecule has 0 saturated carbocycles. The number of aromatic nitrogens is 2. The Kier molecular flexibility index (Phi) is 4.09. The number of hydrogen-bond acceptors (Lipinski definition) is 7. The van der Waals surface area contributed by atoms with Crippen molar-refractivity contribution >= 4 is 49.6 Å². The number of nitro groups is 1. The third-order valence-electron chi connectivity index (χ3n) is 3.12. The Balaban J connectivity index is 2.07. The normalized spacial score (nSPS) is 10.7.